The number of phenols is 1. The number of fused-ring (bicyclic) bond motifs is 3. The Labute approximate surface area is 197 Å². The van der Waals surface area contributed by atoms with Crippen LogP contribution >= 0.6 is 12.4 Å². The van der Waals surface area contributed by atoms with Crippen molar-refractivity contribution in [3.05, 3.63) is 46.2 Å². The summed E-state index contributed by atoms with van der Waals surface area (Å²) >= 11 is 0. The number of phenolic OH excluding ortho intramolecular Hbond substituents is 1. The highest BCUT2D eigenvalue weighted by Crippen LogP contribution is 2.56. The number of carbonyl (C=O) groups is 2. The van der Waals surface area contributed by atoms with Gasteiger partial charge in [0, 0.05) is 34.9 Å². The van der Waals surface area contributed by atoms with Crippen LogP contribution in [0.3, 0.4) is 0 Å². The molecule has 0 heterocycles. The number of aliphatic hydroxyl groups excluding tert-OH is 2. The van der Waals surface area contributed by atoms with Crippen molar-refractivity contribution < 1.29 is 35.1 Å². The molecular weight excluding hydrogens is 452 g/mol. The fourth-order valence-electron chi connectivity index (χ4n) is 6.19. The van der Waals surface area contributed by atoms with Crippen LogP contribution in [0.5, 0.6) is 5.75 Å². The molecule has 1 aromatic rings. The monoisotopic (exact) mass is 479 g/mol. The number of rotatable bonds is 2. The summed E-state index contributed by atoms with van der Waals surface area (Å²) in [6, 6.07) is 3.86. The summed E-state index contributed by atoms with van der Waals surface area (Å²) in [6.07, 6.45) is -1.41. The second kappa shape index (κ2) is 8.02. The first kappa shape index (κ1) is 25.0. The Morgan fingerprint density at radius 3 is 2.33 bits per heavy atom. The van der Waals surface area contributed by atoms with Gasteiger partial charge >= 0.3 is 0 Å². The molecule has 1 saturated carbocycles. The van der Waals surface area contributed by atoms with Gasteiger partial charge in [-0.15, -0.1) is 12.4 Å². The Kier molecular flexibility index (Phi) is 6.08. The van der Waals surface area contributed by atoms with E-state index >= 15 is 0 Å². The molecular formula is C23H28ClN2O7-. The number of amides is 1. The smallest absolute Gasteiger partial charge is 0.244 e. The number of Topliss-reactive ketones (excluding diaryl/α,β-unsaturated/α-hetero) is 1. The van der Waals surface area contributed by atoms with Crippen molar-refractivity contribution in [3.8, 4) is 5.75 Å². The van der Waals surface area contributed by atoms with Gasteiger partial charge in [0.2, 0.25) is 5.91 Å². The Balaban J connectivity index is 0.00000306. The summed E-state index contributed by atoms with van der Waals surface area (Å²) in [6.45, 7) is 3.34. The molecule has 10 heteroatoms. The lowest BCUT2D eigenvalue weighted by atomic mass is 9.53. The topological polar surface area (TPSA) is 167 Å². The zero-order chi connectivity index (χ0) is 23.9. The molecule has 33 heavy (non-hydrogen) atoms. The average Bonchev–Trinajstić information content (AvgIpc) is 2.70. The van der Waals surface area contributed by atoms with E-state index < -0.39 is 70.2 Å². The number of aliphatic hydroxyl groups is 3. The van der Waals surface area contributed by atoms with E-state index in [2.05, 4.69) is 0 Å². The molecule has 0 saturated heterocycles. The van der Waals surface area contributed by atoms with E-state index in [4.69, 9.17) is 5.73 Å². The fourth-order valence-corrected chi connectivity index (χ4v) is 6.19. The molecule has 0 aliphatic heterocycles. The van der Waals surface area contributed by atoms with Gasteiger partial charge in [0.1, 0.15) is 17.1 Å². The lowest BCUT2D eigenvalue weighted by Gasteiger charge is -2.59. The van der Waals surface area contributed by atoms with E-state index in [1.165, 1.54) is 6.07 Å². The van der Waals surface area contributed by atoms with Gasteiger partial charge in [0.15, 0.2) is 5.78 Å². The van der Waals surface area contributed by atoms with Gasteiger partial charge in [-0.3, -0.25) is 9.59 Å². The van der Waals surface area contributed by atoms with E-state index in [-0.39, 0.29) is 29.3 Å². The maximum absolute atomic E-state index is 13.7. The average molecular weight is 480 g/mol. The molecule has 4 rings (SSSR count). The molecule has 3 aliphatic carbocycles. The molecule has 6 N–H and O–H groups in total. The predicted molar refractivity (Wildman–Crippen MR) is 119 cm³/mol. The molecule has 0 radical (unpaired) electrons. The van der Waals surface area contributed by atoms with Crippen molar-refractivity contribution in [2.45, 2.75) is 37.5 Å². The largest absolute Gasteiger partial charge is 0.873 e. The number of primary amides is 1. The van der Waals surface area contributed by atoms with Crippen LogP contribution in [0.1, 0.15) is 30.9 Å². The quantitative estimate of drug-likeness (QED) is 0.388. The summed E-state index contributed by atoms with van der Waals surface area (Å²) in [7, 11) is 3.32. The Morgan fingerprint density at radius 1 is 1.18 bits per heavy atom. The molecule has 0 spiro atoms. The molecule has 1 amide bonds. The van der Waals surface area contributed by atoms with Crippen molar-refractivity contribution in [2.24, 2.45) is 23.5 Å². The maximum Gasteiger partial charge on any atom is 0.244 e. The SMILES string of the molecule is CC1C(C(N)=O)=C([O-])C2(O)C(=O)C3=C(O)c4c(O)cccc4C(C)C3C(O)C2C1N(C)C.Cl. The van der Waals surface area contributed by atoms with Crippen LogP contribution in [-0.4, -0.2) is 68.9 Å². The number of benzene rings is 1. The number of nitrogens with zero attached hydrogens (tertiary/aromatic N) is 1. The fraction of sp³-hybridized carbons (Fsp3) is 0.478. The number of hydrogen-bond acceptors (Lipinski definition) is 8. The van der Waals surface area contributed by atoms with Crippen molar-refractivity contribution in [1.29, 1.82) is 0 Å². The number of ketones is 1. The Hall–Kier alpha value is -2.59. The summed E-state index contributed by atoms with van der Waals surface area (Å²) in [5, 5.41) is 57.8. The highest BCUT2D eigenvalue weighted by atomic mass is 35.5. The molecule has 1 fully saturated rings. The Morgan fingerprint density at radius 2 is 1.79 bits per heavy atom. The van der Waals surface area contributed by atoms with Gasteiger partial charge in [-0.25, -0.2) is 0 Å². The first-order valence-corrected chi connectivity index (χ1v) is 10.5. The molecule has 9 nitrogen and oxygen atoms in total. The van der Waals surface area contributed by atoms with Crippen molar-refractivity contribution in [3.63, 3.8) is 0 Å². The van der Waals surface area contributed by atoms with E-state index in [1.54, 1.807) is 45.0 Å². The normalized spacial score (nSPS) is 35.5. The lowest BCUT2D eigenvalue weighted by Crippen LogP contribution is -2.71. The molecule has 0 aromatic heterocycles. The van der Waals surface area contributed by atoms with Crippen LogP contribution in [0.15, 0.2) is 35.1 Å². The minimum absolute atomic E-state index is 0. The Bertz CT molecular complexity index is 1100. The number of aromatic hydroxyl groups is 1. The third-order valence-electron chi connectivity index (χ3n) is 7.53. The van der Waals surface area contributed by atoms with Gasteiger partial charge in [-0.05, 0) is 31.6 Å². The van der Waals surface area contributed by atoms with E-state index in [0.717, 1.165) is 0 Å². The number of nitrogens with two attached hydrogens (primary N) is 1. The highest BCUT2D eigenvalue weighted by Gasteiger charge is 2.64. The number of carbonyl (C=O) groups excluding carboxylic acids is 2. The second-order valence-electron chi connectivity index (χ2n) is 9.28. The van der Waals surface area contributed by atoms with Crippen LogP contribution in [-0.2, 0) is 9.59 Å². The summed E-state index contributed by atoms with van der Waals surface area (Å²) in [5.74, 6) is -7.61. The zero-order valence-electron chi connectivity index (χ0n) is 18.6. The lowest BCUT2D eigenvalue weighted by molar-refractivity contribution is -0.345. The summed E-state index contributed by atoms with van der Waals surface area (Å²) < 4.78 is 0. The number of halogens is 1. The van der Waals surface area contributed by atoms with E-state index in [0.29, 0.717) is 5.56 Å². The minimum atomic E-state index is -2.79. The number of hydrogen-bond donors (Lipinski definition) is 5. The molecule has 7 atom stereocenters. The highest BCUT2D eigenvalue weighted by molar-refractivity contribution is 6.12. The van der Waals surface area contributed by atoms with Gasteiger partial charge in [0.25, 0.3) is 0 Å². The van der Waals surface area contributed by atoms with E-state index in [9.17, 15) is 35.1 Å². The van der Waals surface area contributed by atoms with E-state index in [1.807, 2.05) is 0 Å². The molecule has 3 aliphatic rings. The third-order valence-corrected chi connectivity index (χ3v) is 7.53. The zero-order valence-corrected chi connectivity index (χ0v) is 19.5. The van der Waals surface area contributed by atoms with Gasteiger partial charge < -0.3 is 36.2 Å². The van der Waals surface area contributed by atoms with Crippen molar-refractivity contribution in [1.82, 2.24) is 4.90 Å². The van der Waals surface area contributed by atoms with Gasteiger partial charge in [-0.1, -0.05) is 31.7 Å². The van der Waals surface area contributed by atoms with Crippen LogP contribution < -0.4 is 10.8 Å². The van der Waals surface area contributed by atoms with Gasteiger partial charge in [-0.2, -0.15) is 0 Å². The molecule has 0 bridgehead atoms. The van der Waals surface area contributed by atoms with Crippen LogP contribution in [0, 0.1) is 17.8 Å². The first-order valence-electron chi connectivity index (χ1n) is 10.5. The summed E-state index contributed by atoms with van der Waals surface area (Å²) in [4.78, 5) is 27.5. The molecule has 180 valence electrons. The third kappa shape index (κ3) is 3.03. The van der Waals surface area contributed by atoms with Crippen LogP contribution in [0.2, 0.25) is 0 Å². The van der Waals surface area contributed by atoms with Crippen LogP contribution in [0.4, 0.5) is 0 Å². The standard InChI is InChI=1S/C23H28N2O7.ClH/c1-8-10-6-5-7-11(26)14(10)18(27)15-12(8)19(28)16-17(25(3)4)9(2)13(22(24)31)20(29)23(16,32)21(15)30;/h5-9,12,16-17,19,26-29,32H,1-4H3,(H2,24,31);1H/p-1. The van der Waals surface area contributed by atoms with Crippen molar-refractivity contribution >= 4 is 29.9 Å². The minimum Gasteiger partial charge on any atom is -0.873 e. The van der Waals surface area contributed by atoms with Crippen LogP contribution in [0.25, 0.3) is 5.76 Å². The maximum atomic E-state index is 13.7. The predicted octanol–water partition coefficient (Wildman–Crippen LogP) is -0.213. The molecule has 7 unspecified atom stereocenters. The van der Waals surface area contributed by atoms with Crippen molar-refractivity contribution in [2.75, 3.05) is 14.1 Å². The molecule has 1 aromatic carbocycles. The van der Waals surface area contributed by atoms with Gasteiger partial charge in [0.05, 0.1) is 11.7 Å². The first-order chi connectivity index (χ1) is 14.9. The second-order valence-corrected chi connectivity index (χ2v) is 9.28. The summed E-state index contributed by atoms with van der Waals surface area (Å²) in [5.41, 5.74) is 2.47.